The van der Waals surface area contributed by atoms with Gasteiger partial charge in [-0.25, -0.2) is 0 Å². The van der Waals surface area contributed by atoms with Crippen LogP contribution < -0.4 is 5.32 Å². The van der Waals surface area contributed by atoms with E-state index < -0.39 is 11.5 Å². The third-order valence-electron chi connectivity index (χ3n) is 2.23. The molecule has 78 valence electrons. The highest BCUT2D eigenvalue weighted by Gasteiger charge is 2.38. The Morgan fingerprint density at radius 2 is 1.85 bits per heavy atom. The molecule has 1 fully saturated rings. The molecule has 0 aliphatic carbocycles. The summed E-state index contributed by atoms with van der Waals surface area (Å²) in [5.74, 6) is -0.775. The Bertz CT molecular complexity index is 153. The molecule has 0 amide bonds. The number of hydrogen-bond acceptors (Lipinski definition) is 3. The van der Waals surface area contributed by atoms with E-state index in [-0.39, 0.29) is 0 Å². The van der Waals surface area contributed by atoms with Crippen LogP contribution in [0.15, 0.2) is 0 Å². The fraction of sp³-hybridized carbons (Fsp3) is 0.889. The molecule has 0 aromatic rings. The maximum Gasteiger partial charge on any atom is 0.324 e. The van der Waals surface area contributed by atoms with Crippen molar-refractivity contribution in [1.29, 1.82) is 0 Å². The predicted molar refractivity (Wildman–Crippen MR) is 50.8 cm³/mol. The number of hydrogen-bond donors (Lipinski definition) is 2. The van der Waals surface area contributed by atoms with Gasteiger partial charge in [0.2, 0.25) is 0 Å². The van der Waals surface area contributed by atoms with E-state index in [4.69, 9.17) is 9.84 Å². The summed E-state index contributed by atoms with van der Waals surface area (Å²) in [7, 11) is 1.68. The monoisotopic (exact) mass is 189 g/mol. The van der Waals surface area contributed by atoms with Crippen LogP contribution in [0.25, 0.3) is 0 Å². The molecule has 1 aliphatic heterocycles. The van der Waals surface area contributed by atoms with Crippen molar-refractivity contribution in [2.75, 3.05) is 20.3 Å². The SMILES string of the molecule is CC.CNC1(C(=O)O)CCOCC1. The molecule has 0 atom stereocenters. The van der Waals surface area contributed by atoms with Crippen LogP contribution in [0.2, 0.25) is 0 Å². The van der Waals surface area contributed by atoms with Crippen molar-refractivity contribution in [2.24, 2.45) is 0 Å². The highest BCUT2D eigenvalue weighted by atomic mass is 16.5. The molecular weight excluding hydrogens is 170 g/mol. The fourth-order valence-corrected chi connectivity index (χ4v) is 1.29. The number of aliphatic carboxylic acids is 1. The van der Waals surface area contributed by atoms with Gasteiger partial charge >= 0.3 is 5.97 Å². The first kappa shape index (κ1) is 12.4. The lowest BCUT2D eigenvalue weighted by Crippen LogP contribution is -2.53. The molecule has 0 aromatic heterocycles. The first-order valence-electron chi connectivity index (χ1n) is 4.71. The minimum Gasteiger partial charge on any atom is -0.480 e. The lowest BCUT2D eigenvalue weighted by Gasteiger charge is -2.32. The van der Waals surface area contributed by atoms with Crippen molar-refractivity contribution < 1.29 is 14.6 Å². The van der Waals surface area contributed by atoms with Gasteiger partial charge in [0, 0.05) is 13.2 Å². The third kappa shape index (κ3) is 2.97. The van der Waals surface area contributed by atoms with Crippen LogP contribution in [0.1, 0.15) is 26.7 Å². The Hall–Kier alpha value is -0.610. The number of rotatable bonds is 2. The normalized spacial score (nSPS) is 19.9. The van der Waals surface area contributed by atoms with E-state index in [0.29, 0.717) is 26.1 Å². The predicted octanol–water partition coefficient (Wildman–Crippen LogP) is 0.866. The molecule has 0 aromatic carbocycles. The summed E-state index contributed by atoms with van der Waals surface area (Å²) in [6.07, 6.45) is 1.11. The standard InChI is InChI=1S/C7H13NO3.C2H6/c1-8-7(6(9)10)2-4-11-5-3-7;1-2/h8H,2-5H2,1H3,(H,9,10);1-2H3. The molecule has 1 rings (SSSR count). The first-order valence-corrected chi connectivity index (χ1v) is 4.71. The minimum atomic E-state index is -0.775. The average molecular weight is 189 g/mol. The molecular formula is C9H19NO3. The third-order valence-corrected chi connectivity index (χ3v) is 2.23. The Morgan fingerprint density at radius 3 is 2.08 bits per heavy atom. The average Bonchev–Trinajstić information content (AvgIpc) is 2.21. The van der Waals surface area contributed by atoms with Crippen LogP contribution >= 0.6 is 0 Å². The second-order valence-electron chi connectivity index (χ2n) is 2.75. The molecule has 13 heavy (non-hydrogen) atoms. The molecule has 1 saturated heterocycles. The van der Waals surface area contributed by atoms with Gasteiger partial charge in [-0.05, 0) is 19.9 Å². The molecule has 1 heterocycles. The van der Waals surface area contributed by atoms with E-state index in [1.54, 1.807) is 7.05 Å². The molecule has 0 bridgehead atoms. The summed E-state index contributed by atoms with van der Waals surface area (Å²) in [5, 5.41) is 11.7. The number of carbonyl (C=O) groups is 1. The highest BCUT2D eigenvalue weighted by molar-refractivity contribution is 5.78. The number of ether oxygens (including phenoxy) is 1. The van der Waals surface area contributed by atoms with E-state index in [9.17, 15) is 4.79 Å². The number of carboxylic acids is 1. The van der Waals surface area contributed by atoms with Gasteiger partial charge in [0.1, 0.15) is 5.54 Å². The number of carboxylic acid groups (broad SMARTS) is 1. The summed E-state index contributed by atoms with van der Waals surface area (Å²) in [4.78, 5) is 10.8. The Balaban J connectivity index is 0.000000671. The first-order chi connectivity index (χ1) is 6.21. The van der Waals surface area contributed by atoms with Crippen molar-refractivity contribution in [1.82, 2.24) is 5.32 Å². The van der Waals surface area contributed by atoms with E-state index in [1.807, 2.05) is 13.8 Å². The van der Waals surface area contributed by atoms with Crippen molar-refractivity contribution in [3.63, 3.8) is 0 Å². The van der Waals surface area contributed by atoms with E-state index in [1.165, 1.54) is 0 Å². The number of nitrogens with one attached hydrogen (secondary N) is 1. The van der Waals surface area contributed by atoms with Crippen LogP contribution in [0, 0.1) is 0 Å². The van der Waals surface area contributed by atoms with Crippen molar-refractivity contribution in [3.05, 3.63) is 0 Å². The van der Waals surface area contributed by atoms with Crippen molar-refractivity contribution in [3.8, 4) is 0 Å². The molecule has 2 N–H and O–H groups in total. The van der Waals surface area contributed by atoms with E-state index in [2.05, 4.69) is 5.32 Å². The summed E-state index contributed by atoms with van der Waals surface area (Å²) < 4.78 is 5.07. The second-order valence-corrected chi connectivity index (χ2v) is 2.75. The van der Waals surface area contributed by atoms with Gasteiger partial charge in [-0.15, -0.1) is 0 Å². The highest BCUT2D eigenvalue weighted by Crippen LogP contribution is 2.19. The molecule has 0 radical (unpaired) electrons. The summed E-state index contributed by atoms with van der Waals surface area (Å²) in [5.41, 5.74) is -0.738. The lowest BCUT2D eigenvalue weighted by molar-refractivity contribution is -0.148. The van der Waals surface area contributed by atoms with Crippen LogP contribution in [0.3, 0.4) is 0 Å². The van der Waals surface area contributed by atoms with E-state index >= 15 is 0 Å². The molecule has 1 aliphatic rings. The van der Waals surface area contributed by atoms with Crippen molar-refractivity contribution >= 4 is 5.97 Å². The van der Waals surface area contributed by atoms with Gasteiger partial charge in [0.25, 0.3) is 0 Å². The molecule has 0 unspecified atom stereocenters. The zero-order valence-electron chi connectivity index (χ0n) is 8.59. The van der Waals surface area contributed by atoms with Gasteiger partial charge in [-0.1, -0.05) is 13.8 Å². The van der Waals surface area contributed by atoms with Gasteiger partial charge in [0.15, 0.2) is 0 Å². The maximum absolute atomic E-state index is 10.8. The zero-order valence-corrected chi connectivity index (χ0v) is 8.59. The minimum absolute atomic E-state index is 0.535. The molecule has 4 heteroatoms. The smallest absolute Gasteiger partial charge is 0.324 e. The summed E-state index contributed by atoms with van der Waals surface area (Å²) >= 11 is 0. The maximum atomic E-state index is 10.8. The molecule has 0 saturated carbocycles. The topological polar surface area (TPSA) is 58.6 Å². The zero-order chi connectivity index (χ0) is 10.3. The van der Waals surface area contributed by atoms with E-state index in [0.717, 1.165) is 0 Å². The summed E-state index contributed by atoms with van der Waals surface area (Å²) in [6.45, 7) is 5.07. The van der Waals surface area contributed by atoms with Crippen LogP contribution in [-0.4, -0.2) is 36.9 Å². The van der Waals surface area contributed by atoms with Crippen LogP contribution in [0.4, 0.5) is 0 Å². The molecule has 0 spiro atoms. The quantitative estimate of drug-likeness (QED) is 0.676. The van der Waals surface area contributed by atoms with Gasteiger partial charge < -0.3 is 15.2 Å². The van der Waals surface area contributed by atoms with Crippen LogP contribution in [0.5, 0.6) is 0 Å². The number of likely N-dealkylation sites (N-methyl/N-ethyl adjacent to an activating group) is 1. The largest absolute Gasteiger partial charge is 0.480 e. The van der Waals surface area contributed by atoms with Gasteiger partial charge in [-0.2, -0.15) is 0 Å². The molecule has 4 nitrogen and oxygen atoms in total. The van der Waals surface area contributed by atoms with Gasteiger partial charge in [0.05, 0.1) is 0 Å². The van der Waals surface area contributed by atoms with Gasteiger partial charge in [-0.3, -0.25) is 4.79 Å². The second kappa shape index (κ2) is 5.94. The fourth-order valence-electron chi connectivity index (χ4n) is 1.29. The Morgan fingerprint density at radius 1 is 1.38 bits per heavy atom. The summed E-state index contributed by atoms with van der Waals surface area (Å²) in [6, 6.07) is 0. The van der Waals surface area contributed by atoms with Crippen LogP contribution in [-0.2, 0) is 9.53 Å². The Labute approximate surface area is 79.3 Å². The Kier molecular flexibility index (Phi) is 5.66. The lowest BCUT2D eigenvalue weighted by atomic mass is 9.90. The van der Waals surface area contributed by atoms with Crippen molar-refractivity contribution in [2.45, 2.75) is 32.2 Å².